The Morgan fingerprint density at radius 1 is 1.40 bits per heavy atom. The number of carbonyl (C=O) groups is 2. The van der Waals surface area contributed by atoms with Crippen LogP contribution in [-0.4, -0.2) is 35.0 Å². The Kier molecular flexibility index (Phi) is 6.13. The molecular formula is C14H17BrFNO3. The van der Waals surface area contributed by atoms with Crippen LogP contribution in [0, 0.1) is 11.7 Å². The van der Waals surface area contributed by atoms with E-state index in [0.717, 1.165) is 0 Å². The largest absolute Gasteiger partial charge is 0.480 e. The number of hydrogen-bond donors (Lipinski definition) is 1. The van der Waals surface area contributed by atoms with Gasteiger partial charge in [-0.05, 0) is 29.7 Å². The van der Waals surface area contributed by atoms with E-state index in [1.165, 1.54) is 23.1 Å². The van der Waals surface area contributed by atoms with Crippen LogP contribution in [0.2, 0.25) is 0 Å². The monoisotopic (exact) mass is 345 g/mol. The standard InChI is InChI=1S/C14H17BrFNO3/c1-9(2)7-17(8-14(19)20)13(18)6-10-5-11(16)3-4-12(10)15/h3-5,9H,6-8H2,1-2H3,(H,19,20). The normalized spacial score (nSPS) is 10.7. The molecule has 0 aliphatic heterocycles. The van der Waals surface area contributed by atoms with Gasteiger partial charge in [0.25, 0.3) is 0 Å². The van der Waals surface area contributed by atoms with E-state index < -0.39 is 11.8 Å². The second-order valence-electron chi connectivity index (χ2n) is 4.97. The zero-order chi connectivity index (χ0) is 15.3. The molecule has 1 N–H and O–H groups in total. The summed E-state index contributed by atoms with van der Waals surface area (Å²) >= 11 is 3.26. The molecule has 0 saturated heterocycles. The first-order chi connectivity index (χ1) is 9.29. The number of carboxylic acid groups (broad SMARTS) is 1. The van der Waals surface area contributed by atoms with Crippen LogP contribution in [0.3, 0.4) is 0 Å². The highest BCUT2D eigenvalue weighted by molar-refractivity contribution is 9.10. The number of aliphatic carboxylic acids is 1. The van der Waals surface area contributed by atoms with Gasteiger partial charge < -0.3 is 10.0 Å². The van der Waals surface area contributed by atoms with Gasteiger partial charge in [-0.3, -0.25) is 9.59 Å². The van der Waals surface area contributed by atoms with Crippen LogP contribution in [0.5, 0.6) is 0 Å². The van der Waals surface area contributed by atoms with E-state index in [0.29, 0.717) is 16.6 Å². The molecule has 0 aliphatic rings. The molecule has 1 aromatic rings. The molecule has 0 aromatic heterocycles. The van der Waals surface area contributed by atoms with Gasteiger partial charge in [-0.2, -0.15) is 0 Å². The molecule has 4 nitrogen and oxygen atoms in total. The van der Waals surface area contributed by atoms with E-state index >= 15 is 0 Å². The Balaban J connectivity index is 2.84. The van der Waals surface area contributed by atoms with Gasteiger partial charge in [-0.25, -0.2) is 4.39 Å². The fourth-order valence-electron chi connectivity index (χ4n) is 1.81. The smallest absolute Gasteiger partial charge is 0.323 e. The van der Waals surface area contributed by atoms with Crippen molar-refractivity contribution in [2.45, 2.75) is 20.3 Å². The first-order valence-electron chi connectivity index (χ1n) is 6.23. The molecule has 1 aromatic carbocycles. The molecule has 0 fully saturated rings. The lowest BCUT2D eigenvalue weighted by molar-refractivity contribution is -0.144. The van der Waals surface area contributed by atoms with Gasteiger partial charge in [0.1, 0.15) is 12.4 Å². The van der Waals surface area contributed by atoms with Gasteiger partial charge >= 0.3 is 5.97 Å². The number of halogens is 2. The van der Waals surface area contributed by atoms with Crippen molar-refractivity contribution >= 4 is 27.8 Å². The third kappa shape index (κ3) is 5.28. The van der Waals surface area contributed by atoms with Crippen LogP contribution in [0.15, 0.2) is 22.7 Å². The van der Waals surface area contributed by atoms with Gasteiger partial charge in [0.2, 0.25) is 5.91 Å². The first-order valence-corrected chi connectivity index (χ1v) is 7.02. The van der Waals surface area contributed by atoms with Crippen LogP contribution < -0.4 is 0 Å². The lowest BCUT2D eigenvalue weighted by Crippen LogP contribution is -2.39. The Morgan fingerprint density at radius 3 is 2.60 bits per heavy atom. The van der Waals surface area contributed by atoms with E-state index in [1.807, 2.05) is 13.8 Å². The van der Waals surface area contributed by atoms with Crippen molar-refractivity contribution in [3.8, 4) is 0 Å². The number of rotatable bonds is 6. The third-order valence-corrected chi connectivity index (χ3v) is 3.39. The lowest BCUT2D eigenvalue weighted by atomic mass is 10.1. The Labute approximate surface area is 125 Å². The van der Waals surface area contributed by atoms with Crippen molar-refractivity contribution in [1.82, 2.24) is 4.90 Å². The van der Waals surface area contributed by atoms with E-state index in [9.17, 15) is 14.0 Å². The first kappa shape index (κ1) is 16.6. The molecule has 0 atom stereocenters. The van der Waals surface area contributed by atoms with Crippen molar-refractivity contribution in [3.05, 3.63) is 34.1 Å². The number of hydrogen-bond acceptors (Lipinski definition) is 2. The van der Waals surface area contributed by atoms with Crippen LogP contribution in [0.1, 0.15) is 19.4 Å². The average molecular weight is 346 g/mol. The van der Waals surface area contributed by atoms with Crippen LogP contribution in [0.25, 0.3) is 0 Å². The molecule has 0 heterocycles. The summed E-state index contributed by atoms with van der Waals surface area (Å²) in [5, 5.41) is 8.85. The van der Waals surface area contributed by atoms with Gasteiger partial charge in [-0.15, -0.1) is 0 Å². The van der Waals surface area contributed by atoms with Gasteiger partial charge in [0.15, 0.2) is 0 Å². The van der Waals surface area contributed by atoms with Crippen LogP contribution >= 0.6 is 15.9 Å². The number of nitrogens with zero attached hydrogens (tertiary/aromatic N) is 1. The van der Waals surface area contributed by atoms with E-state index in [2.05, 4.69) is 15.9 Å². The highest BCUT2D eigenvalue weighted by Gasteiger charge is 2.19. The van der Waals surface area contributed by atoms with Gasteiger partial charge in [-0.1, -0.05) is 29.8 Å². The van der Waals surface area contributed by atoms with Gasteiger partial charge in [0, 0.05) is 11.0 Å². The predicted octanol–water partition coefficient (Wildman–Crippen LogP) is 2.70. The molecule has 110 valence electrons. The molecule has 0 unspecified atom stereocenters. The summed E-state index contributed by atoms with van der Waals surface area (Å²) in [6.07, 6.45) is -0.0294. The Hall–Kier alpha value is -1.43. The van der Waals surface area contributed by atoms with Crippen LogP contribution in [0.4, 0.5) is 4.39 Å². The fraction of sp³-hybridized carbons (Fsp3) is 0.429. The summed E-state index contributed by atoms with van der Waals surface area (Å²) in [6.45, 7) is 3.82. The summed E-state index contributed by atoms with van der Waals surface area (Å²) < 4.78 is 13.8. The number of carbonyl (C=O) groups excluding carboxylic acids is 1. The van der Waals surface area contributed by atoms with E-state index in [4.69, 9.17) is 5.11 Å². The molecule has 0 aliphatic carbocycles. The molecule has 0 spiro atoms. The summed E-state index contributed by atoms with van der Waals surface area (Å²) in [4.78, 5) is 24.3. The molecule has 1 amide bonds. The fourth-order valence-corrected chi connectivity index (χ4v) is 2.20. The van der Waals surface area contributed by atoms with Crippen LogP contribution in [-0.2, 0) is 16.0 Å². The summed E-state index contributed by atoms with van der Waals surface area (Å²) in [7, 11) is 0. The SMILES string of the molecule is CC(C)CN(CC(=O)O)C(=O)Cc1cc(F)ccc1Br. The number of carboxylic acids is 1. The maximum absolute atomic E-state index is 13.2. The van der Waals surface area contributed by atoms with Crippen molar-refractivity contribution in [2.75, 3.05) is 13.1 Å². The molecule has 6 heteroatoms. The average Bonchev–Trinajstić information content (AvgIpc) is 2.31. The van der Waals surface area contributed by atoms with Crippen molar-refractivity contribution in [1.29, 1.82) is 0 Å². The van der Waals surface area contributed by atoms with Crippen molar-refractivity contribution in [3.63, 3.8) is 0 Å². The summed E-state index contributed by atoms with van der Waals surface area (Å²) in [5.41, 5.74) is 0.508. The molecular weight excluding hydrogens is 329 g/mol. The minimum atomic E-state index is -1.06. The molecule has 0 bridgehead atoms. The topological polar surface area (TPSA) is 57.6 Å². The summed E-state index contributed by atoms with van der Waals surface area (Å²) in [5.74, 6) is -1.65. The number of amides is 1. The van der Waals surface area contributed by atoms with Crippen molar-refractivity contribution < 1.29 is 19.1 Å². The highest BCUT2D eigenvalue weighted by Crippen LogP contribution is 2.19. The molecule has 20 heavy (non-hydrogen) atoms. The predicted molar refractivity (Wildman–Crippen MR) is 76.9 cm³/mol. The highest BCUT2D eigenvalue weighted by atomic mass is 79.9. The Bertz CT molecular complexity index is 505. The maximum Gasteiger partial charge on any atom is 0.323 e. The van der Waals surface area contributed by atoms with Crippen molar-refractivity contribution in [2.24, 2.45) is 5.92 Å². The maximum atomic E-state index is 13.2. The number of benzene rings is 1. The second-order valence-corrected chi connectivity index (χ2v) is 5.83. The quantitative estimate of drug-likeness (QED) is 0.862. The zero-order valence-corrected chi connectivity index (χ0v) is 13.0. The second kappa shape index (κ2) is 7.38. The molecule has 0 radical (unpaired) electrons. The minimum Gasteiger partial charge on any atom is -0.480 e. The lowest BCUT2D eigenvalue weighted by Gasteiger charge is -2.23. The summed E-state index contributed by atoms with van der Waals surface area (Å²) in [6, 6.07) is 4.10. The molecule has 1 rings (SSSR count). The van der Waals surface area contributed by atoms with E-state index in [1.54, 1.807) is 0 Å². The Morgan fingerprint density at radius 2 is 2.05 bits per heavy atom. The third-order valence-electron chi connectivity index (χ3n) is 2.61. The zero-order valence-electron chi connectivity index (χ0n) is 11.4. The van der Waals surface area contributed by atoms with E-state index in [-0.39, 0.29) is 24.8 Å². The molecule has 0 saturated carbocycles. The van der Waals surface area contributed by atoms with Gasteiger partial charge in [0.05, 0.1) is 6.42 Å². The minimum absolute atomic E-state index is 0.0294.